The minimum absolute atomic E-state index is 0.0614. The number of thiophene rings is 1. The molecule has 1 amide bonds. The van der Waals surface area contributed by atoms with Gasteiger partial charge in [0.1, 0.15) is 0 Å². The number of aliphatic carboxylic acids is 1. The predicted octanol–water partition coefficient (Wildman–Crippen LogP) is 1.04. The number of hydrogen-bond acceptors (Lipinski definition) is 5. The van der Waals surface area contributed by atoms with E-state index in [1.165, 1.54) is 0 Å². The third-order valence-electron chi connectivity index (χ3n) is 2.64. The number of amides is 1. The highest BCUT2D eigenvalue weighted by molar-refractivity contribution is 7.10. The lowest BCUT2D eigenvalue weighted by Gasteiger charge is -2.16. The van der Waals surface area contributed by atoms with E-state index in [9.17, 15) is 9.59 Å². The molecule has 1 heterocycles. The summed E-state index contributed by atoms with van der Waals surface area (Å²) in [5.41, 5.74) is 0.869. The van der Waals surface area contributed by atoms with Crippen molar-refractivity contribution in [2.75, 3.05) is 33.9 Å². The van der Waals surface area contributed by atoms with Crippen molar-refractivity contribution < 1.29 is 19.4 Å². The van der Waals surface area contributed by atoms with Gasteiger partial charge in [-0.3, -0.25) is 9.69 Å². The van der Waals surface area contributed by atoms with E-state index in [-0.39, 0.29) is 12.5 Å². The minimum Gasteiger partial charge on any atom is -0.478 e. The molecule has 0 bridgehead atoms. The summed E-state index contributed by atoms with van der Waals surface area (Å²) in [5, 5.41) is 13.3. The molecule has 0 fully saturated rings. The number of likely N-dealkylation sites (N-methyl/N-ethyl adjacent to an activating group) is 1. The number of carbonyl (C=O) groups excluding carboxylic acids is 1. The van der Waals surface area contributed by atoms with E-state index in [0.29, 0.717) is 19.7 Å². The lowest BCUT2D eigenvalue weighted by Crippen LogP contribution is -2.36. The van der Waals surface area contributed by atoms with Gasteiger partial charge in [-0.15, -0.1) is 11.3 Å². The number of carboxylic acid groups (broad SMARTS) is 1. The van der Waals surface area contributed by atoms with Crippen LogP contribution in [0, 0.1) is 0 Å². The lowest BCUT2D eigenvalue weighted by molar-refractivity contribution is -0.131. The Balaban J connectivity index is 2.48. The zero-order chi connectivity index (χ0) is 15.7. The summed E-state index contributed by atoms with van der Waals surface area (Å²) in [7, 11) is 3.43. The van der Waals surface area contributed by atoms with Crippen LogP contribution in [0.5, 0.6) is 0 Å². The molecule has 1 rings (SSSR count). The Morgan fingerprint density at radius 3 is 2.95 bits per heavy atom. The third kappa shape index (κ3) is 7.03. The second kappa shape index (κ2) is 9.28. The summed E-state index contributed by atoms with van der Waals surface area (Å²) < 4.78 is 4.86. The molecule has 0 aliphatic rings. The Bertz CT molecular complexity index is 499. The van der Waals surface area contributed by atoms with Crippen molar-refractivity contribution in [1.82, 2.24) is 10.2 Å². The van der Waals surface area contributed by atoms with Crippen LogP contribution in [-0.4, -0.2) is 55.7 Å². The molecule has 0 saturated heterocycles. The molecular weight excluding hydrogens is 292 g/mol. The second-order valence-corrected chi connectivity index (χ2v) is 5.49. The zero-order valence-corrected chi connectivity index (χ0v) is 13.0. The van der Waals surface area contributed by atoms with Crippen LogP contribution in [0.15, 0.2) is 17.5 Å². The number of carbonyl (C=O) groups is 2. The predicted molar refractivity (Wildman–Crippen MR) is 82.2 cm³/mol. The molecule has 0 aliphatic carbocycles. The standard InChI is InChI=1S/C14H20N2O4S/c1-16(10-13(17)15-6-7-20-2)9-12-11(5-8-21-12)3-4-14(18)19/h3-5,8H,6-7,9-10H2,1-2H3,(H,15,17)(H,18,19). The van der Waals surface area contributed by atoms with Crippen molar-refractivity contribution in [3.63, 3.8) is 0 Å². The quantitative estimate of drug-likeness (QED) is 0.526. The van der Waals surface area contributed by atoms with Gasteiger partial charge in [-0.1, -0.05) is 0 Å². The van der Waals surface area contributed by atoms with Crippen LogP contribution in [-0.2, 0) is 20.9 Å². The van der Waals surface area contributed by atoms with Gasteiger partial charge in [-0.2, -0.15) is 0 Å². The van der Waals surface area contributed by atoms with Gasteiger partial charge < -0.3 is 15.2 Å². The van der Waals surface area contributed by atoms with Crippen LogP contribution in [0.4, 0.5) is 0 Å². The summed E-state index contributed by atoms with van der Waals surface area (Å²) in [6.07, 6.45) is 2.68. The molecule has 21 heavy (non-hydrogen) atoms. The summed E-state index contributed by atoms with van der Waals surface area (Å²) in [5.74, 6) is -1.04. The fourth-order valence-corrected chi connectivity index (χ4v) is 2.63. The SMILES string of the molecule is COCCNC(=O)CN(C)Cc1sccc1C=CC(=O)O. The van der Waals surface area contributed by atoms with Crippen molar-refractivity contribution in [3.8, 4) is 0 Å². The van der Waals surface area contributed by atoms with E-state index >= 15 is 0 Å². The van der Waals surface area contributed by atoms with E-state index in [4.69, 9.17) is 9.84 Å². The average molecular weight is 312 g/mol. The van der Waals surface area contributed by atoms with Crippen LogP contribution in [0.2, 0.25) is 0 Å². The number of carboxylic acids is 1. The monoisotopic (exact) mass is 312 g/mol. The molecule has 7 heteroatoms. The number of methoxy groups -OCH3 is 1. The van der Waals surface area contributed by atoms with Crippen molar-refractivity contribution >= 4 is 29.3 Å². The molecule has 0 unspecified atom stereocenters. The Hall–Kier alpha value is -1.70. The van der Waals surface area contributed by atoms with Crippen LogP contribution in [0.1, 0.15) is 10.4 Å². The summed E-state index contributed by atoms with van der Waals surface area (Å²) >= 11 is 1.54. The van der Waals surface area contributed by atoms with Gasteiger partial charge in [-0.25, -0.2) is 4.79 Å². The molecule has 2 N–H and O–H groups in total. The molecule has 0 saturated carbocycles. The first kappa shape index (κ1) is 17.4. The highest BCUT2D eigenvalue weighted by Gasteiger charge is 2.09. The number of nitrogens with zero attached hydrogens (tertiary/aromatic N) is 1. The summed E-state index contributed by atoms with van der Waals surface area (Å²) in [4.78, 5) is 25.1. The largest absolute Gasteiger partial charge is 0.478 e. The van der Waals surface area contributed by atoms with Crippen molar-refractivity contribution in [2.45, 2.75) is 6.54 Å². The fraction of sp³-hybridized carbons (Fsp3) is 0.429. The third-order valence-corrected chi connectivity index (χ3v) is 3.56. The zero-order valence-electron chi connectivity index (χ0n) is 12.2. The normalized spacial score (nSPS) is 11.2. The Labute approximate surface area is 128 Å². The Morgan fingerprint density at radius 2 is 2.29 bits per heavy atom. The first-order valence-corrected chi connectivity index (χ1v) is 7.32. The van der Waals surface area contributed by atoms with Crippen LogP contribution < -0.4 is 5.32 Å². The molecule has 116 valence electrons. The maximum Gasteiger partial charge on any atom is 0.328 e. The van der Waals surface area contributed by atoms with Gasteiger partial charge in [0, 0.05) is 31.2 Å². The molecule has 1 aromatic heterocycles. The second-order valence-electron chi connectivity index (χ2n) is 4.49. The molecular formula is C14H20N2O4S. The first-order chi connectivity index (χ1) is 10.0. The molecule has 0 radical (unpaired) electrons. The fourth-order valence-electron chi connectivity index (χ4n) is 1.68. The molecule has 0 spiro atoms. The van der Waals surface area contributed by atoms with Crippen molar-refractivity contribution in [3.05, 3.63) is 28.0 Å². The lowest BCUT2D eigenvalue weighted by atomic mass is 10.2. The minimum atomic E-state index is -0.974. The van der Waals surface area contributed by atoms with Gasteiger partial charge in [0.05, 0.1) is 13.2 Å². The van der Waals surface area contributed by atoms with Crippen LogP contribution in [0.3, 0.4) is 0 Å². The van der Waals surface area contributed by atoms with Crippen LogP contribution >= 0.6 is 11.3 Å². The van der Waals surface area contributed by atoms with Crippen molar-refractivity contribution in [1.29, 1.82) is 0 Å². The van der Waals surface area contributed by atoms with E-state index in [0.717, 1.165) is 16.5 Å². The Morgan fingerprint density at radius 1 is 1.52 bits per heavy atom. The highest BCUT2D eigenvalue weighted by atomic mass is 32.1. The number of hydrogen-bond donors (Lipinski definition) is 2. The van der Waals surface area contributed by atoms with Gasteiger partial charge in [0.25, 0.3) is 0 Å². The van der Waals surface area contributed by atoms with Crippen LogP contribution in [0.25, 0.3) is 6.08 Å². The van der Waals surface area contributed by atoms with Crippen molar-refractivity contribution in [2.24, 2.45) is 0 Å². The smallest absolute Gasteiger partial charge is 0.328 e. The van der Waals surface area contributed by atoms with E-state index < -0.39 is 5.97 Å². The van der Waals surface area contributed by atoms with Gasteiger partial charge in [-0.05, 0) is 30.1 Å². The number of ether oxygens (including phenoxy) is 1. The summed E-state index contributed by atoms with van der Waals surface area (Å²) in [6, 6.07) is 1.87. The molecule has 1 aromatic rings. The van der Waals surface area contributed by atoms with Gasteiger partial charge >= 0.3 is 5.97 Å². The van der Waals surface area contributed by atoms with Gasteiger partial charge in [0.15, 0.2) is 0 Å². The molecule has 0 aromatic carbocycles. The number of nitrogens with one attached hydrogen (secondary N) is 1. The molecule has 0 atom stereocenters. The topological polar surface area (TPSA) is 78.9 Å². The molecule has 6 nitrogen and oxygen atoms in total. The molecule has 0 aliphatic heterocycles. The maximum atomic E-state index is 11.7. The van der Waals surface area contributed by atoms with E-state index in [1.807, 2.05) is 23.4 Å². The van der Waals surface area contributed by atoms with Gasteiger partial charge in [0.2, 0.25) is 5.91 Å². The highest BCUT2D eigenvalue weighted by Crippen LogP contribution is 2.19. The Kier molecular flexibility index (Phi) is 7.66. The number of rotatable bonds is 9. The summed E-state index contributed by atoms with van der Waals surface area (Å²) in [6.45, 7) is 1.86. The van der Waals surface area contributed by atoms with E-state index in [1.54, 1.807) is 24.5 Å². The maximum absolute atomic E-state index is 11.7. The average Bonchev–Trinajstić information content (AvgIpc) is 2.83. The first-order valence-electron chi connectivity index (χ1n) is 6.44. The van der Waals surface area contributed by atoms with E-state index in [2.05, 4.69) is 5.32 Å².